The van der Waals surface area contributed by atoms with Gasteiger partial charge in [0.15, 0.2) is 28.8 Å². The van der Waals surface area contributed by atoms with Gasteiger partial charge in [-0.25, -0.2) is 0 Å². The predicted molar refractivity (Wildman–Crippen MR) is 110 cm³/mol. The maximum Gasteiger partial charge on any atom is 0.254 e. The van der Waals surface area contributed by atoms with Gasteiger partial charge in [-0.15, -0.1) is 0 Å². The summed E-state index contributed by atoms with van der Waals surface area (Å²) in [6, 6.07) is 15.4. The van der Waals surface area contributed by atoms with Gasteiger partial charge in [-0.2, -0.15) is 0 Å². The van der Waals surface area contributed by atoms with Crippen LogP contribution in [0, 0.1) is 5.92 Å². The quantitative estimate of drug-likeness (QED) is 0.604. The van der Waals surface area contributed by atoms with Crippen molar-refractivity contribution in [3.8, 4) is 17.2 Å². The first-order valence-corrected chi connectivity index (χ1v) is 10.0. The zero-order chi connectivity index (χ0) is 22.4. The Balaban J connectivity index is 1.73. The lowest BCUT2D eigenvalue weighted by Crippen LogP contribution is -2.56. The number of hydrogen-bond donors (Lipinski definition) is 2. The number of aliphatic hydroxyl groups is 1. The van der Waals surface area contributed by atoms with Crippen LogP contribution in [0.3, 0.4) is 0 Å². The normalized spacial score (nSPS) is 25.2. The number of methoxy groups -OCH3 is 1. The first-order valence-electron chi connectivity index (χ1n) is 10.0. The predicted octanol–water partition coefficient (Wildman–Crippen LogP) is 2.77. The van der Waals surface area contributed by atoms with Crippen LogP contribution in [0.5, 0.6) is 17.2 Å². The number of ether oxygens (including phenoxy) is 2. The Morgan fingerprint density at radius 2 is 1.44 bits per heavy atom. The third-order valence-corrected chi connectivity index (χ3v) is 6.81. The number of fused-ring (bicyclic) bond motifs is 6. The minimum absolute atomic E-state index is 0.0746. The van der Waals surface area contributed by atoms with E-state index in [-0.39, 0.29) is 45.1 Å². The highest BCUT2D eigenvalue weighted by Gasteiger charge is 2.77. The van der Waals surface area contributed by atoms with E-state index in [4.69, 9.17) is 9.47 Å². The summed E-state index contributed by atoms with van der Waals surface area (Å²) in [7, 11) is 1.31. The fourth-order valence-electron chi connectivity index (χ4n) is 5.52. The number of hydrogen-bond acceptors (Lipinski definition) is 7. The Labute approximate surface area is 181 Å². The molecule has 1 heterocycles. The molecule has 0 saturated carbocycles. The summed E-state index contributed by atoms with van der Waals surface area (Å²) in [5, 5.41) is 22.3. The first-order chi connectivity index (χ1) is 15.4. The van der Waals surface area contributed by atoms with E-state index in [0.717, 1.165) is 0 Å². The Kier molecular flexibility index (Phi) is 3.42. The summed E-state index contributed by atoms with van der Waals surface area (Å²) in [5.74, 6) is -6.04. The summed E-state index contributed by atoms with van der Waals surface area (Å²) < 4.78 is 11.3. The molecule has 3 aromatic carbocycles. The zero-order valence-corrected chi connectivity index (χ0v) is 16.8. The maximum atomic E-state index is 14.0. The second-order valence-electron chi connectivity index (χ2n) is 8.13. The van der Waals surface area contributed by atoms with Crippen molar-refractivity contribution in [1.82, 2.24) is 0 Å². The van der Waals surface area contributed by atoms with Crippen LogP contribution in [-0.2, 0) is 11.2 Å². The average Bonchev–Trinajstić information content (AvgIpc) is 3.29. The van der Waals surface area contributed by atoms with E-state index in [9.17, 15) is 24.6 Å². The molecule has 3 aromatic rings. The third kappa shape index (κ3) is 1.81. The highest BCUT2D eigenvalue weighted by molar-refractivity contribution is 6.31. The van der Waals surface area contributed by atoms with Crippen LogP contribution in [0.15, 0.2) is 60.7 Å². The molecule has 3 aliphatic rings. The van der Waals surface area contributed by atoms with Gasteiger partial charge in [-0.1, -0.05) is 54.6 Å². The Morgan fingerprint density at radius 3 is 2.06 bits per heavy atom. The van der Waals surface area contributed by atoms with E-state index in [0.29, 0.717) is 0 Å². The molecule has 6 rings (SSSR count). The van der Waals surface area contributed by atoms with Crippen LogP contribution >= 0.6 is 0 Å². The lowest BCUT2D eigenvalue weighted by molar-refractivity contribution is -0.169. The number of aromatic hydroxyl groups is 1. The molecule has 7 heteroatoms. The molecule has 0 unspecified atom stereocenters. The molecule has 2 N–H and O–H groups in total. The highest BCUT2D eigenvalue weighted by atomic mass is 16.6. The number of carbonyl (C=O) groups excluding carboxylic acids is 3. The molecule has 2 aliphatic carbocycles. The van der Waals surface area contributed by atoms with Crippen molar-refractivity contribution in [3.63, 3.8) is 0 Å². The van der Waals surface area contributed by atoms with Gasteiger partial charge in [-0.3, -0.25) is 14.4 Å². The largest absolute Gasteiger partial charge is 0.504 e. The van der Waals surface area contributed by atoms with Crippen molar-refractivity contribution in [1.29, 1.82) is 0 Å². The molecule has 0 saturated heterocycles. The van der Waals surface area contributed by atoms with E-state index in [1.54, 1.807) is 24.3 Å². The summed E-state index contributed by atoms with van der Waals surface area (Å²) in [4.78, 5) is 41.2. The lowest BCUT2D eigenvalue weighted by Gasteiger charge is -2.36. The van der Waals surface area contributed by atoms with Crippen molar-refractivity contribution in [2.45, 2.75) is 11.2 Å². The molecular formula is C25H16O7. The molecule has 0 radical (unpaired) electrons. The minimum Gasteiger partial charge on any atom is -0.504 e. The van der Waals surface area contributed by atoms with Gasteiger partial charge in [0.25, 0.3) is 5.79 Å². The fraction of sp³-hybridized carbons (Fsp3) is 0.160. The molecule has 158 valence electrons. The lowest BCUT2D eigenvalue weighted by atomic mass is 9.63. The van der Waals surface area contributed by atoms with E-state index >= 15 is 0 Å². The smallest absolute Gasteiger partial charge is 0.254 e. The number of phenolic OH excluding ortho intramolecular Hbond substituents is 1. The number of ketones is 3. The van der Waals surface area contributed by atoms with E-state index in [1.807, 2.05) is 0 Å². The molecule has 1 aliphatic heterocycles. The van der Waals surface area contributed by atoms with E-state index in [1.165, 1.54) is 43.5 Å². The van der Waals surface area contributed by atoms with Gasteiger partial charge in [-0.05, 0) is 6.07 Å². The zero-order valence-electron chi connectivity index (χ0n) is 16.8. The summed E-state index contributed by atoms with van der Waals surface area (Å²) in [6.07, 6.45) is 0. The number of rotatable bonds is 2. The summed E-state index contributed by atoms with van der Waals surface area (Å²) >= 11 is 0. The molecule has 0 fully saturated rings. The Bertz CT molecular complexity index is 1360. The van der Waals surface area contributed by atoms with Gasteiger partial charge in [0.1, 0.15) is 11.3 Å². The van der Waals surface area contributed by atoms with Crippen LogP contribution in [0.1, 0.15) is 42.2 Å². The van der Waals surface area contributed by atoms with Crippen molar-refractivity contribution >= 4 is 17.3 Å². The van der Waals surface area contributed by atoms with Crippen LogP contribution < -0.4 is 9.47 Å². The number of Topliss-reactive ketones (excluding diaryl/α,β-unsaturated/α-hetero) is 3. The first kappa shape index (κ1) is 18.8. The van der Waals surface area contributed by atoms with Crippen LogP contribution in [-0.4, -0.2) is 34.7 Å². The van der Waals surface area contributed by atoms with Gasteiger partial charge < -0.3 is 19.7 Å². The third-order valence-electron chi connectivity index (χ3n) is 6.81. The van der Waals surface area contributed by atoms with Gasteiger partial charge >= 0.3 is 0 Å². The van der Waals surface area contributed by atoms with Crippen molar-refractivity contribution < 1.29 is 34.1 Å². The van der Waals surface area contributed by atoms with Crippen molar-refractivity contribution in [3.05, 3.63) is 88.5 Å². The van der Waals surface area contributed by atoms with E-state index in [2.05, 4.69) is 0 Å². The monoisotopic (exact) mass is 428 g/mol. The number of benzene rings is 3. The summed E-state index contributed by atoms with van der Waals surface area (Å²) in [5.41, 5.74) is -1.23. The molecular weight excluding hydrogens is 412 g/mol. The molecule has 7 nitrogen and oxygen atoms in total. The fourth-order valence-corrected chi connectivity index (χ4v) is 5.52. The standard InChI is InChI=1S/C25H16O7/c1-31-22-17(26)11-10-16-21(22)32-25(30)15-9-5-4-8-14(15)23(29)24(16,25)18-19(27)12-6-2-3-7-13(12)20(18)28/h2-11,18,26,30H,1H3/t24-,25-/m1/s1. The van der Waals surface area contributed by atoms with Crippen molar-refractivity contribution in [2.24, 2.45) is 5.92 Å². The number of carbonyl (C=O) groups is 3. The van der Waals surface area contributed by atoms with Gasteiger partial charge in [0, 0.05) is 27.8 Å². The molecule has 32 heavy (non-hydrogen) atoms. The SMILES string of the molecule is COc1c(O)ccc2c1O[C@]1(O)c3ccccc3C(=O)[C@]21C1C(=O)c2ccccc2C1=O. The Morgan fingerprint density at radius 1 is 0.844 bits per heavy atom. The Hall–Kier alpha value is -3.97. The topological polar surface area (TPSA) is 110 Å². The van der Waals surface area contributed by atoms with E-state index < -0.39 is 34.5 Å². The molecule has 0 amide bonds. The summed E-state index contributed by atoms with van der Waals surface area (Å²) in [6.45, 7) is 0. The second-order valence-corrected chi connectivity index (χ2v) is 8.13. The van der Waals surface area contributed by atoms with Crippen LogP contribution in [0.4, 0.5) is 0 Å². The molecule has 0 aromatic heterocycles. The molecule has 0 spiro atoms. The van der Waals surface area contributed by atoms with Gasteiger partial charge in [0.2, 0.25) is 5.75 Å². The molecule has 2 atom stereocenters. The molecule has 0 bridgehead atoms. The van der Waals surface area contributed by atoms with Crippen molar-refractivity contribution in [2.75, 3.05) is 7.11 Å². The second kappa shape index (κ2) is 5.83. The van der Waals surface area contributed by atoms with Gasteiger partial charge in [0.05, 0.1) is 7.11 Å². The minimum atomic E-state index is -2.35. The van der Waals surface area contributed by atoms with Crippen LogP contribution in [0.2, 0.25) is 0 Å². The van der Waals surface area contributed by atoms with Crippen LogP contribution in [0.25, 0.3) is 0 Å². The maximum absolute atomic E-state index is 14.0. The highest BCUT2D eigenvalue weighted by Crippen LogP contribution is 2.66. The average molecular weight is 428 g/mol. The number of phenols is 1.